The van der Waals surface area contributed by atoms with E-state index in [2.05, 4.69) is 27.0 Å². The fourth-order valence-electron chi connectivity index (χ4n) is 2.31. The zero-order valence-electron chi connectivity index (χ0n) is 13.6. The molecule has 7 heteroatoms. The molecule has 0 radical (unpaired) electrons. The predicted octanol–water partition coefficient (Wildman–Crippen LogP) is 3.37. The summed E-state index contributed by atoms with van der Waals surface area (Å²) in [6.07, 6.45) is 1.74. The van der Waals surface area contributed by atoms with Crippen LogP contribution in [0.15, 0.2) is 44.8 Å². The van der Waals surface area contributed by atoms with Gasteiger partial charge in [-0.2, -0.15) is 4.98 Å². The van der Waals surface area contributed by atoms with Gasteiger partial charge in [0.25, 0.3) is 5.56 Å². The molecule has 0 fully saturated rings. The Morgan fingerprint density at radius 1 is 1.25 bits per heavy atom. The van der Waals surface area contributed by atoms with Crippen LogP contribution in [0.5, 0.6) is 0 Å². The maximum atomic E-state index is 11.7. The number of hydrogen-bond acceptors (Lipinski definition) is 6. The molecule has 0 amide bonds. The average Bonchev–Trinajstić information content (AvgIpc) is 3.02. The monoisotopic (exact) mass is 342 g/mol. The van der Waals surface area contributed by atoms with Crippen molar-refractivity contribution in [2.24, 2.45) is 0 Å². The molecule has 0 saturated heterocycles. The van der Waals surface area contributed by atoms with Crippen LogP contribution in [0.2, 0.25) is 0 Å². The van der Waals surface area contributed by atoms with Crippen molar-refractivity contribution < 1.29 is 4.52 Å². The van der Waals surface area contributed by atoms with Gasteiger partial charge in [0.2, 0.25) is 11.7 Å². The Labute approximate surface area is 143 Å². The van der Waals surface area contributed by atoms with Gasteiger partial charge in [-0.25, -0.2) is 4.98 Å². The summed E-state index contributed by atoms with van der Waals surface area (Å²) < 4.78 is 5.30. The van der Waals surface area contributed by atoms with E-state index in [9.17, 15) is 4.79 Å². The van der Waals surface area contributed by atoms with Gasteiger partial charge in [-0.15, -0.1) is 0 Å². The number of aromatic nitrogens is 4. The molecule has 24 heavy (non-hydrogen) atoms. The molecule has 1 aromatic carbocycles. The summed E-state index contributed by atoms with van der Waals surface area (Å²) in [7, 11) is 0. The molecule has 2 heterocycles. The topological polar surface area (TPSA) is 84.7 Å². The van der Waals surface area contributed by atoms with Gasteiger partial charge in [0.05, 0.1) is 5.75 Å². The summed E-state index contributed by atoms with van der Waals surface area (Å²) in [4.78, 5) is 23.2. The zero-order chi connectivity index (χ0) is 16.9. The van der Waals surface area contributed by atoms with Crippen LogP contribution in [0.1, 0.15) is 30.5 Å². The summed E-state index contributed by atoms with van der Waals surface area (Å²) in [5.41, 5.74) is 2.71. The first kappa shape index (κ1) is 16.4. The quantitative estimate of drug-likeness (QED) is 0.546. The molecule has 124 valence electrons. The van der Waals surface area contributed by atoms with Crippen molar-refractivity contribution in [2.75, 3.05) is 0 Å². The standard InChI is InChI=1S/C17H18N4O2S/c1-3-6-12-9-14(22)19-17(18-12)24-10-15-20-16(21-23-15)13-8-5-4-7-11(13)2/h4-5,7-9H,3,6,10H2,1-2H3,(H,18,19,22). The molecular weight excluding hydrogens is 324 g/mol. The number of hydrogen-bond donors (Lipinski definition) is 1. The number of nitrogens with zero attached hydrogens (tertiary/aromatic N) is 3. The van der Waals surface area contributed by atoms with Gasteiger partial charge in [-0.3, -0.25) is 4.79 Å². The SMILES string of the molecule is CCCc1cc(=O)[nH]c(SCc2nc(-c3ccccc3C)no2)n1. The Hall–Kier alpha value is -2.41. The molecule has 2 aromatic heterocycles. The molecule has 0 aliphatic heterocycles. The van der Waals surface area contributed by atoms with Crippen molar-refractivity contribution in [3.05, 3.63) is 57.8 Å². The Bertz CT molecular complexity index is 888. The second-order valence-corrected chi connectivity index (χ2v) is 6.37. The molecule has 0 aliphatic rings. The van der Waals surface area contributed by atoms with Crippen molar-refractivity contribution in [1.29, 1.82) is 0 Å². The lowest BCUT2D eigenvalue weighted by atomic mass is 10.1. The first-order valence-electron chi connectivity index (χ1n) is 7.77. The molecule has 6 nitrogen and oxygen atoms in total. The second kappa shape index (κ2) is 7.44. The second-order valence-electron chi connectivity index (χ2n) is 5.41. The van der Waals surface area contributed by atoms with Crippen LogP contribution in [0.25, 0.3) is 11.4 Å². The van der Waals surface area contributed by atoms with Gasteiger partial charge < -0.3 is 9.51 Å². The zero-order valence-corrected chi connectivity index (χ0v) is 14.4. The average molecular weight is 342 g/mol. The summed E-state index contributed by atoms with van der Waals surface area (Å²) in [5, 5.41) is 4.60. The minimum Gasteiger partial charge on any atom is -0.338 e. The highest BCUT2D eigenvalue weighted by atomic mass is 32.2. The summed E-state index contributed by atoms with van der Waals surface area (Å²) in [5.74, 6) is 1.53. The van der Waals surface area contributed by atoms with Crippen molar-refractivity contribution >= 4 is 11.8 Å². The minimum absolute atomic E-state index is 0.137. The number of nitrogens with one attached hydrogen (secondary N) is 1. The van der Waals surface area contributed by atoms with E-state index in [-0.39, 0.29) is 5.56 Å². The molecule has 0 unspecified atom stereocenters. The van der Waals surface area contributed by atoms with E-state index in [0.717, 1.165) is 29.7 Å². The summed E-state index contributed by atoms with van der Waals surface area (Å²) in [6.45, 7) is 4.06. The van der Waals surface area contributed by atoms with Crippen LogP contribution >= 0.6 is 11.8 Å². The number of rotatable bonds is 6. The van der Waals surface area contributed by atoms with Crippen LogP contribution in [-0.4, -0.2) is 20.1 Å². The number of benzene rings is 1. The molecule has 0 aliphatic carbocycles. The number of aryl methyl sites for hydroxylation is 2. The van der Waals surface area contributed by atoms with Crippen LogP contribution in [0.3, 0.4) is 0 Å². The normalized spacial score (nSPS) is 10.9. The first-order chi connectivity index (χ1) is 11.7. The van der Waals surface area contributed by atoms with Gasteiger partial charge in [0.15, 0.2) is 5.16 Å². The number of H-pyrrole nitrogens is 1. The molecule has 0 atom stereocenters. The third-order valence-corrected chi connectivity index (χ3v) is 4.32. The first-order valence-corrected chi connectivity index (χ1v) is 8.76. The third-order valence-electron chi connectivity index (χ3n) is 3.47. The van der Waals surface area contributed by atoms with Crippen molar-refractivity contribution in [1.82, 2.24) is 20.1 Å². The molecule has 1 N–H and O–H groups in total. The Kier molecular flexibility index (Phi) is 5.10. The van der Waals surface area contributed by atoms with E-state index in [1.807, 2.05) is 31.2 Å². The van der Waals surface area contributed by atoms with Crippen LogP contribution in [0.4, 0.5) is 0 Å². The van der Waals surface area contributed by atoms with Gasteiger partial charge in [-0.05, 0) is 18.9 Å². The maximum absolute atomic E-state index is 11.7. The molecule has 0 spiro atoms. The van der Waals surface area contributed by atoms with Gasteiger partial charge in [0, 0.05) is 17.3 Å². The van der Waals surface area contributed by atoms with E-state index in [0.29, 0.717) is 22.6 Å². The Balaban J connectivity index is 1.72. The fourth-order valence-corrected chi connectivity index (χ4v) is 3.04. The Morgan fingerprint density at radius 3 is 2.88 bits per heavy atom. The van der Waals surface area contributed by atoms with E-state index in [4.69, 9.17) is 4.52 Å². The van der Waals surface area contributed by atoms with E-state index in [1.54, 1.807) is 0 Å². The van der Waals surface area contributed by atoms with Crippen LogP contribution in [0, 0.1) is 6.92 Å². The Morgan fingerprint density at radius 2 is 2.08 bits per heavy atom. The fraction of sp³-hybridized carbons (Fsp3) is 0.294. The van der Waals surface area contributed by atoms with Crippen molar-refractivity contribution in [3.8, 4) is 11.4 Å². The lowest BCUT2D eigenvalue weighted by Crippen LogP contribution is -2.09. The van der Waals surface area contributed by atoms with Crippen LogP contribution in [-0.2, 0) is 12.2 Å². The molecular formula is C17H18N4O2S. The molecule has 3 rings (SSSR count). The third kappa shape index (κ3) is 3.91. The molecule has 0 saturated carbocycles. The summed E-state index contributed by atoms with van der Waals surface area (Å²) in [6, 6.07) is 9.43. The highest BCUT2D eigenvalue weighted by Gasteiger charge is 2.11. The van der Waals surface area contributed by atoms with Crippen molar-refractivity contribution in [3.63, 3.8) is 0 Å². The lowest BCUT2D eigenvalue weighted by Gasteiger charge is -2.01. The van der Waals surface area contributed by atoms with Gasteiger partial charge >= 0.3 is 0 Å². The highest BCUT2D eigenvalue weighted by molar-refractivity contribution is 7.98. The van der Waals surface area contributed by atoms with Gasteiger partial charge in [-0.1, -0.05) is 54.5 Å². The van der Waals surface area contributed by atoms with Gasteiger partial charge in [0.1, 0.15) is 0 Å². The van der Waals surface area contributed by atoms with E-state index < -0.39 is 0 Å². The number of thioether (sulfide) groups is 1. The predicted molar refractivity (Wildman–Crippen MR) is 92.9 cm³/mol. The smallest absolute Gasteiger partial charge is 0.251 e. The van der Waals surface area contributed by atoms with E-state index >= 15 is 0 Å². The maximum Gasteiger partial charge on any atom is 0.251 e. The van der Waals surface area contributed by atoms with E-state index in [1.165, 1.54) is 17.8 Å². The molecule has 3 aromatic rings. The van der Waals surface area contributed by atoms with Crippen molar-refractivity contribution in [2.45, 2.75) is 37.6 Å². The van der Waals surface area contributed by atoms with Crippen LogP contribution < -0.4 is 5.56 Å². The highest BCUT2D eigenvalue weighted by Crippen LogP contribution is 2.22. The lowest BCUT2D eigenvalue weighted by molar-refractivity contribution is 0.391. The number of aromatic amines is 1. The summed E-state index contributed by atoms with van der Waals surface area (Å²) >= 11 is 1.38. The largest absolute Gasteiger partial charge is 0.338 e. The molecule has 0 bridgehead atoms. The minimum atomic E-state index is -0.137.